The van der Waals surface area contributed by atoms with Crippen LogP contribution in [0.15, 0.2) is 0 Å². The average Bonchev–Trinajstić information content (AvgIpc) is 3.23. The molecule has 3 aliphatic rings. The molecule has 116 valence electrons. The summed E-state index contributed by atoms with van der Waals surface area (Å²) >= 11 is 0. The highest BCUT2D eigenvalue weighted by molar-refractivity contribution is 7.91. The van der Waals surface area contributed by atoms with E-state index in [1.807, 2.05) is 0 Å². The Bertz CT molecular complexity index is 546. The molecule has 2 saturated heterocycles. The molecule has 0 aromatic carbocycles. The van der Waals surface area contributed by atoms with Crippen molar-refractivity contribution in [3.8, 4) is 0 Å². The average molecular weight is 322 g/mol. The van der Waals surface area contributed by atoms with Crippen LogP contribution in [0.4, 0.5) is 0 Å². The summed E-state index contributed by atoms with van der Waals surface area (Å²) in [4.78, 5) is 2.27. The van der Waals surface area contributed by atoms with Crippen LogP contribution in [0.3, 0.4) is 0 Å². The minimum absolute atomic E-state index is 0.131. The Hall–Kier alpha value is -0.180. The fraction of sp³-hybridized carbons (Fsp3) is 1.00. The summed E-state index contributed by atoms with van der Waals surface area (Å²) in [7, 11) is -5.88. The van der Waals surface area contributed by atoms with Crippen molar-refractivity contribution in [1.82, 2.24) is 9.21 Å². The van der Waals surface area contributed by atoms with Gasteiger partial charge in [-0.15, -0.1) is 0 Å². The highest BCUT2D eigenvalue weighted by Crippen LogP contribution is 2.31. The van der Waals surface area contributed by atoms with Gasteiger partial charge in [-0.25, -0.2) is 16.8 Å². The number of piperazine rings is 1. The Balaban J connectivity index is 1.54. The predicted molar refractivity (Wildman–Crippen MR) is 76.8 cm³/mol. The van der Waals surface area contributed by atoms with Gasteiger partial charge < -0.3 is 0 Å². The Labute approximate surface area is 121 Å². The van der Waals surface area contributed by atoms with Crippen LogP contribution in [0.5, 0.6) is 0 Å². The van der Waals surface area contributed by atoms with E-state index in [1.54, 1.807) is 4.31 Å². The molecule has 3 rings (SSSR count). The van der Waals surface area contributed by atoms with Crippen LogP contribution in [0.1, 0.15) is 25.7 Å². The van der Waals surface area contributed by atoms with Crippen LogP contribution in [-0.2, 0) is 19.9 Å². The molecule has 0 N–H and O–H groups in total. The van der Waals surface area contributed by atoms with E-state index in [1.165, 1.54) is 0 Å². The largest absolute Gasteiger partial charge is 0.298 e. The third-order valence-corrected chi connectivity index (χ3v) is 8.73. The molecule has 0 unspecified atom stereocenters. The van der Waals surface area contributed by atoms with E-state index >= 15 is 0 Å². The molecule has 1 saturated carbocycles. The van der Waals surface area contributed by atoms with Gasteiger partial charge in [-0.2, -0.15) is 4.31 Å². The quantitative estimate of drug-likeness (QED) is 0.711. The van der Waals surface area contributed by atoms with Crippen molar-refractivity contribution in [2.24, 2.45) is 0 Å². The molecule has 0 bridgehead atoms. The minimum Gasteiger partial charge on any atom is -0.298 e. The van der Waals surface area contributed by atoms with Gasteiger partial charge in [0.2, 0.25) is 10.0 Å². The SMILES string of the molecule is O=S1(=O)CCC(N2CCN(S(=O)(=O)C3CC3)CC2)CC1. The van der Waals surface area contributed by atoms with Crippen molar-refractivity contribution in [2.45, 2.75) is 37.0 Å². The number of rotatable bonds is 3. The second kappa shape index (κ2) is 5.23. The zero-order valence-corrected chi connectivity index (χ0v) is 13.2. The van der Waals surface area contributed by atoms with Gasteiger partial charge in [0.05, 0.1) is 16.8 Å². The summed E-state index contributed by atoms with van der Waals surface area (Å²) in [6.45, 7) is 2.58. The summed E-state index contributed by atoms with van der Waals surface area (Å²) in [6, 6.07) is 0.310. The Morgan fingerprint density at radius 2 is 1.40 bits per heavy atom. The number of sulfone groups is 1. The van der Waals surface area contributed by atoms with E-state index in [-0.39, 0.29) is 16.8 Å². The number of sulfonamides is 1. The molecule has 0 aromatic rings. The van der Waals surface area contributed by atoms with Crippen molar-refractivity contribution >= 4 is 19.9 Å². The van der Waals surface area contributed by atoms with Gasteiger partial charge in [0.1, 0.15) is 9.84 Å². The first-order valence-electron chi connectivity index (χ1n) is 7.32. The third-order valence-electron chi connectivity index (χ3n) is 4.62. The molecule has 20 heavy (non-hydrogen) atoms. The van der Waals surface area contributed by atoms with Crippen LogP contribution in [0, 0.1) is 0 Å². The van der Waals surface area contributed by atoms with Crippen LogP contribution < -0.4 is 0 Å². The van der Waals surface area contributed by atoms with Gasteiger partial charge in [0, 0.05) is 32.2 Å². The Morgan fingerprint density at radius 3 is 1.90 bits per heavy atom. The highest BCUT2D eigenvalue weighted by atomic mass is 32.2. The van der Waals surface area contributed by atoms with E-state index < -0.39 is 19.9 Å². The summed E-state index contributed by atoms with van der Waals surface area (Å²) in [5.41, 5.74) is 0. The normalized spacial score (nSPS) is 30.4. The molecule has 8 heteroatoms. The number of hydrogen-bond donors (Lipinski definition) is 0. The maximum absolute atomic E-state index is 12.1. The first kappa shape index (κ1) is 14.7. The fourth-order valence-corrected chi connectivity index (χ4v) is 6.43. The van der Waals surface area contributed by atoms with Gasteiger partial charge in [0.15, 0.2) is 0 Å². The molecular weight excluding hydrogens is 300 g/mol. The zero-order chi connectivity index (χ0) is 14.4. The smallest absolute Gasteiger partial charge is 0.217 e. The summed E-state index contributed by atoms with van der Waals surface area (Å²) in [6.07, 6.45) is 3.00. The topological polar surface area (TPSA) is 74.8 Å². The standard InChI is InChI=1S/C12H22N2O4S2/c15-19(16)9-3-11(4-10-19)13-5-7-14(8-6-13)20(17,18)12-1-2-12/h11-12H,1-10H2. The molecule has 0 spiro atoms. The molecule has 6 nitrogen and oxygen atoms in total. The molecule has 0 atom stereocenters. The summed E-state index contributed by atoms with van der Waals surface area (Å²) in [5, 5.41) is -0.131. The van der Waals surface area contributed by atoms with Crippen LogP contribution in [0.2, 0.25) is 0 Å². The van der Waals surface area contributed by atoms with Gasteiger partial charge >= 0.3 is 0 Å². The van der Waals surface area contributed by atoms with Crippen molar-refractivity contribution in [3.05, 3.63) is 0 Å². The van der Waals surface area contributed by atoms with Crippen molar-refractivity contribution in [1.29, 1.82) is 0 Å². The first-order valence-corrected chi connectivity index (χ1v) is 10.6. The number of nitrogens with zero attached hydrogens (tertiary/aromatic N) is 2. The van der Waals surface area contributed by atoms with Crippen molar-refractivity contribution in [2.75, 3.05) is 37.7 Å². The van der Waals surface area contributed by atoms with Gasteiger partial charge in [-0.05, 0) is 25.7 Å². The molecule has 1 aliphatic carbocycles. The molecule has 0 aromatic heterocycles. The molecule has 2 aliphatic heterocycles. The molecule has 3 fully saturated rings. The van der Waals surface area contributed by atoms with E-state index in [2.05, 4.69) is 4.90 Å². The number of hydrogen-bond acceptors (Lipinski definition) is 5. The molecule has 0 radical (unpaired) electrons. The second-order valence-electron chi connectivity index (χ2n) is 6.06. The molecule has 0 amide bonds. The monoisotopic (exact) mass is 322 g/mol. The minimum atomic E-state index is -3.05. The predicted octanol–water partition coefficient (Wildman–Crippen LogP) is -0.327. The Morgan fingerprint density at radius 1 is 0.850 bits per heavy atom. The third kappa shape index (κ3) is 3.03. The maximum Gasteiger partial charge on any atom is 0.217 e. The van der Waals surface area contributed by atoms with Gasteiger partial charge in [-0.1, -0.05) is 0 Å². The van der Waals surface area contributed by atoms with Crippen molar-refractivity contribution in [3.63, 3.8) is 0 Å². The van der Waals surface area contributed by atoms with Crippen LogP contribution in [0.25, 0.3) is 0 Å². The van der Waals surface area contributed by atoms with Crippen molar-refractivity contribution < 1.29 is 16.8 Å². The van der Waals surface area contributed by atoms with E-state index in [4.69, 9.17) is 0 Å². The highest BCUT2D eigenvalue weighted by Gasteiger charge is 2.41. The van der Waals surface area contributed by atoms with Crippen LogP contribution in [-0.4, -0.2) is 75.0 Å². The molecule has 2 heterocycles. The second-order valence-corrected chi connectivity index (χ2v) is 10.6. The van der Waals surface area contributed by atoms with Crippen LogP contribution >= 0.6 is 0 Å². The lowest BCUT2D eigenvalue weighted by Crippen LogP contribution is -2.53. The summed E-state index contributed by atoms with van der Waals surface area (Å²) < 4.78 is 48.8. The molecular formula is C12H22N2O4S2. The first-order chi connectivity index (χ1) is 9.38. The van der Waals surface area contributed by atoms with Gasteiger partial charge in [0.25, 0.3) is 0 Å². The summed E-state index contributed by atoms with van der Waals surface area (Å²) in [5.74, 6) is 0.552. The van der Waals surface area contributed by atoms with E-state index in [0.29, 0.717) is 32.0 Å². The Kier molecular flexibility index (Phi) is 3.85. The lowest BCUT2D eigenvalue weighted by atomic mass is 10.1. The fourth-order valence-electron chi connectivity index (χ4n) is 3.14. The lowest BCUT2D eigenvalue weighted by molar-refractivity contribution is 0.129. The zero-order valence-electron chi connectivity index (χ0n) is 11.6. The maximum atomic E-state index is 12.1. The van der Waals surface area contributed by atoms with E-state index in [9.17, 15) is 16.8 Å². The lowest BCUT2D eigenvalue weighted by Gasteiger charge is -2.40. The van der Waals surface area contributed by atoms with E-state index in [0.717, 1.165) is 25.9 Å². The van der Waals surface area contributed by atoms with Gasteiger partial charge in [-0.3, -0.25) is 4.90 Å².